The second-order valence-electron chi connectivity index (χ2n) is 8.50. The standard InChI is InChI=1S/C23H33N5O5S/c1-15-12-18(28-13-17(14-28)26-33-10-7-5-4-6-9-29)25-21(27(3)23-24-8-11-34-23)19(15)20(30)16(2)22(31)32/h8,11-12,16-17,26,29H,4-7,9-10,13-14H2,1-3H3,(H,31,32). The van der Waals surface area contributed by atoms with Crippen LogP contribution in [-0.2, 0) is 9.63 Å². The molecule has 3 N–H and O–H groups in total. The van der Waals surface area contributed by atoms with Crippen LogP contribution < -0.4 is 15.3 Å². The fourth-order valence-corrected chi connectivity index (χ4v) is 4.32. The number of anilines is 3. The summed E-state index contributed by atoms with van der Waals surface area (Å²) in [6, 6.07) is 2.01. The average molecular weight is 492 g/mol. The fourth-order valence-electron chi connectivity index (χ4n) is 3.71. The number of carboxylic acids is 1. The molecule has 0 saturated carbocycles. The van der Waals surface area contributed by atoms with Crippen LogP contribution in [0.5, 0.6) is 0 Å². The van der Waals surface area contributed by atoms with E-state index in [1.165, 1.54) is 18.3 Å². The Morgan fingerprint density at radius 3 is 2.71 bits per heavy atom. The molecule has 0 bridgehead atoms. The van der Waals surface area contributed by atoms with Crippen LogP contribution in [0.4, 0.5) is 16.8 Å². The Morgan fingerprint density at radius 2 is 2.06 bits per heavy atom. The molecule has 1 atom stereocenters. The number of carbonyl (C=O) groups is 2. The molecule has 34 heavy (non-hydrogen) atoms. The van der Waals surface area contributed by atoms with Gasteiger partial charge in [0.25, 0.3) is 0 Å². The average Bonchev–Trinajstić information content (AvgIpc) is 3.32. The topological polar surface area (TPSA) is 128 Å². The van der Waals surface area contributed by atoms with Crippen molar-refractivity contribution in [2.24, 2.45) is 5.92 Å². The van der Waals surface area contributed by atoms with Crippen molar-refractivity contribution in [2.45, 2.75) is 45.6 Å². The largest absolute Gasteiger partial charge is 0.481 e. The second kappa shape index (κ2) is 12.2. The summed E-state index contributed by atoms with van der Waals surface area (Å²) >= 11 is 1.41. The number of aliphatic hydroxyl groups is 1. The maximum atomic E-state index is 13.0. The van der Waals surface area contributed by atoms with Crippen molar-refractivity contribution in [3.05, 3.63) is 28.8 Å². The van der Waals surface area contributed by atoms with Gasteiger partial charge in [0.15, 0.2) is 10.9 Å². The van der Waals surface area contributed by atoms with Crippen molar-refractivity contribution in [2.75, 3.05) is 43.2 Å². The molecule has 3 heterocycles. The SMILES string of the molecule is Cc1cc(N2CC(NOCCCCCCO)C2)nc(N(C)c2nccs2)c1C(=O)C(C)C(=O)O. The molecule has 3 rings (SSSR count). The molecular weight excluding hydrogens is 458 g/mol. The molecule has 10 nitrogen and oxygen atoms in total. The van der Waals surface area contributed by atoms with Gasteiger partial charge in [-0.15, -0.1) is 11.3 Å². The van der Waals surface area contributed by atoms with E-state index < -0.39 is 17.7 Å². The quantitative estimate of drug-likeness (QED) is 0.157. The van der Waals surface area contributed by atoms with Gasteiger partial charge in [0, 0.05) is 38.3 Å². The van der Waals surface area contributed by atoms with E-state index in [2.05, 4.69) is 15.4 Å². The van der Waals surface area contributed by atoms with Gasteiger partial charge in [-0.05, 0) is 38.3 Å². The lowest BCUT2D eigenvalue weighted by molar-refractivity contribution is -0.139. The van der Waals surface area contributed by atoms with Gasteiger partial charge >= 0.3 is 5.97 Å². The summed E-state index contributed by atoms with van der Waals surface area (Å²) in [6.45, 7) is 5.47. The number of hydrogen-bond donors (Lipinski definition) is 3. The van der Waals surface area contributed by atoms with Gasteiger partial charge in [-0.1, -0.05) is 12.8 Å². The first-order chi connectivity index (χ1) is 16.3. The van der Waals surface area contributed by atoms with Crippen LogP contribution in [0, 0.1) is 12.8 Å². The lowest BCUT2D eigenvalue weighted by atomic mass is 9.95. The molecule has 0 radical (unpaired) electrons. The molecule has 1 unspecified atom stereocenters. The molecule has 1 saturated heterocycles. The molecule has 0 aromatic carbocycles. The van der Waals surface area contributed by atoms with Crippen molar-refractivity contribution in [3.8, 4) is 0 Å². The normalized spacial score (nSPS) is 14.6. The summed E-state index contributed by atoms with van der Waals surface area (Å²) in [5, 5.41) is 20.7. The van der Waals surface area contributed by atoms with E-state index in [-0.39, 0.29) is 12.6 Å². The van der Waals surface area contributed by atoms with Crippen molar-refractivity contribution in [1.82, 2.24) is 15.4 Å². The van der Waals surface area contributed by atoms with E-state index in [0.717, 1.165) is 31.5 Å². The van der Waals surface area contributed by atoms with Crippen molar-refractivity contribution >= 4 is 39.9 Å². The number of rotatable bonds is 14. The Hall–Kier alpha value is -2.60. The number of carboxylic acid groups (broad SMARTS) is 1. The van der Waals surface area contributed by atoms with Gasteiger partial charge in [0.2, 0.25) is 0 Å². The minimum absolute atomic E-state index is 0.174. The summed E-state index contributed by atoms with van der Waals surface area (Å²) in [7, 11) is 1.78. The Kier molecular flexibility index (Phi) is 9.34. The van der Waals surface area contributed by atoms with Gasteiger partial charge in [0.05, 0.1) is 18.2 Å². The highest BCUT2D eigenvalue weighted by molar-refractivity contribution is 7.13. The number of nitrogens with one attached hydrogen (secondary N) is 1. The highest BCUT2D eigenvalue weighted by Gasteiger charge is 2.32. The van der Waals surface area contributed by atoms with E-state index in [4.69, 9.17) is 14.9 Å². The lowest BCUT2D eigenvalue weighted by Crippen LogP contribution is -2.58. The number of unbranched alkanes of at least 4 members (excludes halogenated alkanes) is 3. The molecular formula is C23H33N5O5S. The third kappa shape index (κ3) is 6.29. The molecule has 1 aliphatic heterocycles. The van der Waals surface area contributed by atoms with Crippen molar-refractivity contribution in [1.29, 1.82) is 0 Å². The summed E-state index contributed by atoms with van der Waals surface area (Å²) in [6.07, 6.45) is 5.48. The molecule has 1 fully saturated rings. The molecule has 2 aromatic heterocycles. The predicted molar refractivity (Wildman–Crippen MR) is 131 cm³/mol. The van der Waals surface area contributed by atoms with Gasteiger partial charge in [-0.3, -0.25) is 9.59 Å². The monoisotopic (exact) mass is 491 g/mol. The number of ketones is 1. The van der Waals surface area contributed by atoms with Crippen LogP contribution in [0.15, 0.2) is 17.6 Å². The van der Waals surface area contributed by atoms with E-state index in [1.807, 2.05) is 18.4 Å². The third-order valence-electron chi connectivity index (χ3n) is 5.83. The summed E-state index contributed by atoms with van der Waals surface area (Å²) < 4.78 is 0. The smallest absolute Gasteiger partial charge is 0.314 e. The maximum Gasteiger partial charge on any atom is 0.314 e. The molecule has 2 aromatic rings. The molecule has 0 aliphatic carbocycles. The first-order valence-corrected chi connectivity index (χ1v) is 12.4. The van der Waals surface area contributed by atoms with Gasteiger partial charge < -0.3 is 24.9 Å². The van der Waals surface area contributed by atoms with E-state index in [1.54, 1.807) is 18.1 Å². The summed E-state index contributed by atoms with van der Waals surface area (Å²) in [5.41, 5.74) is 4.06. The number of thiazole rings is 1. The number of Topliss-reactive ketones (excluding diaryl/α,β-unsaturated/α-hetero) is 1. The Balaban J connectivity index is 1.69. The first-order valence-electron chi connectivity index (χ1n) is 11.5. The van der Waals surface area contributed by atoms with Gasteiger partial charge in [-0.2, -0.15) is 5.48 Å². The van der Waals surface area contributed by atoms with Crippen LogP contribution in [-0.4, -0.2) is 71.3 Å². The van der Waals surface area contributed by atoms with Crippen molar-refractivity contribution < 1.29 is 24.6 Å². The number of pyridine rings is 1. The number of hydrogen-bond acceptors (Lipinski definition) is 10. The third-order valence-corrected chi connectivity index (χ3v) is 6.68. The molecule has 0 amide bonds. The highest BCUT2D eigenvalue weighted by Crippen LogP contribution is 2.34. The van der Waals surface area contributed by atoms with E-state index in [9.17, 15) is 14.7 Å². The maximum absolute atomic E-state index is 13.0. The first kappa shape index (κ1) is 26.0. The van der Waals surface area contributed by atoms with Crippen molar-refractivity contribution in [3.63, 3.8) is 0 Å². The number of aryl methyl sites for hydroxylation is 1. The van der Waals surface area contributed by atoms with Gasteiger partial charge in [0.1, 0.15) is 17.6 Å². The van der Waals surface area contributed by atoms with E-state index >= 15 is 0 Å². The summed E-state index contributed by atoms with van der Waals surface area (Å²) in [5.74, 6) is -1.69. The number of aliphatic carboxylic acids is 1. The lowest BCUT2D eigenvalue weighted by Gasteiger charge is -2.40. The zero-order valence-electron chi connectivity index (χ0n) is 19.9. The zero-order chi connectivity index (χ0) is 24.7. The van der Waals surface area contributed by atoms with Crippen LogP contribution in [0.3, 0.4) is 0 Å². The number of hydroxylamine groups is 1. The fraction of sp³-hybridized carbons (Fsp3) is 0.565. The van der Waals surface area contributed by atoms with Crippen LogP contribution >= 0.6 is 11.3 Å². The van der Waals surface area contributed by atoms with Crippen LogP contribution in [0.2, 0.25) is 0 Å². The number of aliphatic hydroxyl groups excluding tert-OH is 1. The van der Waals surface area contributed by atoms with E-state index in [0.29, 0.717) is 41.8 Å². The summed E-state index contributed by atoms with van der Waals surface area (Å²) in [4.78, 5) is 43.0. The zero-order valence-corrected chi connectivity index (χ0v) is 20.7. The minimum atomic E-state index is -1.17. The van der Waals surface area contributed by atoms with Crippen LogP contribution in [0.1, 0.15) is 48.5 Å². The second-order valence-corrected chi connectivity index (χ2v) is 9.37. The van der Waals surface area contributed by atoms with Crippen LogP contribution in [0.25, 0.3) is 0 Å². The minimum Gasteiger partial charge on any atom is -0.481 e. The molecule has 186 valence electrons. The Morgan fingerprint density at radius 1 is 1.32 bits per heavy atom. The molecule has 11 heteroatoms. The number of carbonyl (C=O) groups excluding carboxylic acids is 1. The molecule has 1 aliphatic rings. The molecule has 0 spiro atoms. The number of aromatic nitrogens is 2. The predicted octanol–water partition coefficient (Wildman–Crippen LogP) is 2.78. The highest BCUT2D eigenvalue weighted by atomic mass is 32.1. The Labute approximate surface area is 203 Å². The van der Waals surface area contributed by atoms with Gasteiger partial charge in [-0.25, -0.2) is 9.97 Å². The Bertz CT molecular complexity index is 965. The number of nitrogens with zero attached hydrogens (tertiary/aromatic N) is 4.